The standard InChI is InChI=1S/C21H21NO3S2/c1-16-7-10-19(11-8-16)27(24,25)14-13-21(23)22-15-18-9-12-20(26-18)17-5-3-2-4-6-17/h2-12H,13-15H2,1H3,(H,22,23). The molecule has 1 aromatic heterocycles. The van der Waals surface area contributed by atoms with E-state index in [-0.39, 0.29) is 23.0 Å². The first kappa shape index (κ1) is 19.3. The molecule has 0 unspecified atom stereocenters. The SMILES string of the molecule is Cc1ccc(S(=O)(=O)CCC(=O)NCc2ccc(-c3ccccc3)s2)cc1. The van der Waals surface area contributed by atoms with Gasteiger partial charge in [0.1, 0.15) is 0 Å². The molecule has 0 aliphatic carbocycles. The summed E-state index contributed by atoms with van der Waals surface area (Å²) in [6.45, 7) is 2.30. The average Bonchev–Trinajstić information content (AvgIpc) is 3.15. The van der Waals surface area contributed by atoms with E-state index in [1.807, 2.05) is 49.4 Å². The zero-order valence-corrected chi connectivity index (χ0v) is 16.6. The van der Waals surface area contributed by atoms with E-state index in [4.69, 9.17) is 0 Å². The van der Waals surface area contributed by atoms with E-state index >= 15 is 0 Å². The Kier molecular flexibility index (Phi) is 6.08. The average molecular weight is 400 g/mol. The summed E-state index contributed by atoms with van der Waals surface area (Å²) in [7, 11) is -3.45. The second-order valence-corrected chi connectivity index (χ2v) is 9.57. The van der Waals surface area contributed by atoms with Gasteiger partial charge in [-0.2, -0.15) is 0 Å². The minimum absolute atomic E-state index is 0.0485. The van der Waals surface area contributed by atoms with Crippen LogP contribution in [0.25, 0.3) is 10.4 Å². The molecule has 0 bridgehead atoms. The number of benzene rings is 2. The number of nitrogens with one attached hydrogen (secondary N) is 1. The lowest BCUT2D eigenvalue weighted by Crippen LogP contribution is -2.24. The number of thiophene rings is 1. The Hall–Kier alpha value is -2.44. The van der Waals surface area contributed by atoms with Gasteiger partial charge in [0.25, 0.3) is 0 Å². The molecule has 1 heterocycles. The molecule has 0 aliphatic rings. The van der Waals surface area contributed by atoms with Crippen LogP contribution in [0.4, 0.5) is 0 Å². The zero-order valence-electron chi connectivity index (χ0n) is 15.0. The first-order chi connectivity index (χ1) is 12.9. The number of carbonyl (C=O) groups excluding carboxylic acids is 1. The molecule has 1 N–H and O–H groups in total. The predicted octanol–water partition coefficient (Wildman–Crippen LogP) is 4.20. The monoisotopic (exact) mass is 399 g/mol. The highest BCUT2D eigenvalue weighted by Crippen LogP contribution is 2.27. The molecule has 0 radical (unpaired) electrons. The molecule has 27 heavy (non-hydrogen) atoms. The number of carbonyl (C=O) groups is 1. The molecule has 140 valence electrons. The molecule has 0 fully saturated rings. The van der Waals surface area contributed by atoms with Crippen molar-refractivity contribution in [1.82, 2.24) is 5.32 Å². The lowest BCUT2D eigenvalue weighted by atomic mass is 10.2. The fraction of sp³-hybridized carbons (Fsp3) is 0.190. The van der Waals surface area contributed by atoms with Gasteiger partial charge >= 0.3 is 0 Å². The van der Waals surface area contributed by atoms with Gasteiger partial charge in [-0.15, -0.1) is 11.3 Å². The lowest BCUT2D eigenvalue weighted by molar-refractivity contribution is -0.120. The maximum Gasteiger partial charge on any atom is 0.221 e. The van der Waals surface area contributed by atoms with Crippen LogP contribution in [0.15, 0.2) is 71.6 Å². The number of hydrogen-bond donors (Lipinski definition) is 1. The molecule has 6 heteroatoms. The Balaban J connectivity index is 1.51. The first-order valence-corrected chi connectivity index (χ1v) is 11.1. The molecule has 3 aromatic rings. The van der Waals surface area contributed by atoms with Crippen LogP contribution in [0.2, 0.25) is 0 Å². The van der Waals surface area contributed by atoms with Gasteiger partial charge < -0.3 is 5.32 Å². The Bertz CT molecular complexity index is 1010. The first-order valence-electron chi connectivity index (χ1n) is 8.64. The summed E-state index contributed by atoms with van der Waals surface area (Å²) >= 11 is 1.62. The normalized spacial score (nSPS) is 11.3. The minimum Gasteiger partial charge on any atom is -0.351 e. The van der Waals surface area contributed by atoms with Gasteiger partial charge in [0.15, 0.2) is 9.84 Å². The van der Waals surface area contributed by atoms with E-state index in [1.165, 1.54) is 0 Å². The predicted molar refractivity (Wildman–Crippen MR) is 109 cm³/mol. The maximum atomic E-state index is 12.3. The van der Waals surface area contributed by atoms with Crippen molar-refractivity contribution in [3.8, 4) is 10.4 Å². The van der Waals surface area contributed by atoms with Gasteiger partial charge in [-0.05, 0) is 36.8 Å². The molecule has 1 amide bonds. The third-order valence-corrected chi connectivity index (χ3v) is 7.02. The molecule has 4 nitrogen and oxygen atoms in total. The van der Waals surface area contributed by atoms with Crippen molar-refractivity contribution >= 4 is 27.1 Å². The molecule has 0 atom stereocenters. The summed E-state index contributed by atoms with van der Waals surface area (Å²) in [5.41, 5.74) is 2.14. The quantitative estimate of drug-likeness (QED) is 0.647. The van der Waals surface area contributed by atoms with Crippen molar-refractivity contribution in [3.63, 3.8) is 0 Å². The Morgan fingerprint density at radius 3 is 2.37 bits per heavy atom. The van der Waals surface area contributed by atoms with Gasteiger partial charge in [0, 0.05) is 16.2 Å². The van der Waals surface area contributed by atoms with Crippen LogP contribution in [-0.4, -0.2) is 20.1 Å². The highest BCUT2D eigenvalue weighted by atomic mass is 32.2. The fourth-order valence-corrected chi connectivity index (χ4v) is 4.79. The summed E-state index contributed by atoms with van der Waals surface area (Å²) in [4.78, 5) is 14.5. The molecule has 0 saturated heterocycles. The van der Waals surface area contributed by atoms with Gasteiger partial charge in [0.05, 0.1) is 17.2 Å². The van der Waals surface area contributed by atoms with E-state index in [1.54, 1.807) is 35.6 Å². The van der Waals surface area contributed by atoms with Crippen LogP contribution in [0.3, 0.4) is 0 Å². The summed E-state index contributed by atoms with van der Waals surface area (Å²) in [5.74, 6) is -0.456. The number of hydrogen-bond acceptors (Lipinski definition) is 4. The fourth-order valence-electron chi connectivity index (χ4n) is 2.60. The van der Waals surface area contributed by atoms with Crippen LogP contribution in [-0.2, 0) is 21.2 Å². The Morgan fingerprint density at radius 2 is 1.67 bits per heavy atom. The van der Waals surface area contributed by atoms with Crippen LogP contribution in [0, 0.1) is 6.92 Å². The molecule has 3 rings (SSSR count). The second kappa shape index (κ2) is 8.50. The Labute approximate surface area is 163 Å². The molecule has 2 aromatic carbocycles. The van der Waals surface area contributed by atoms with Crippen LogP contribution >= 0.6 is 11.3 Å². The Morgan fingerprint density at radius 1 is 0.963 bits per heavy atom. The molecular formula is C21H21NO3S2. The van der Waals surface area contributed by atoms with Crippen molar-refractivity contribution in [2.24, 2.45) is 0 Å². The molecule has 0 saturated carbocycles. The summed E-state index contributed by atoms with van der Waals surface area (Å²) in [6, 6.07) is 20.7. The van der Waals surface area contributed by atoms with Gasteiger partial charge in [-0.1, -0.05) is 48.0 Å². The summed E-state index contributed by atoms with van der Waals surface area (Å²) in [5, 5.41) is 2.80. The minimum atomic E-state index is -3.45. The maximum absolute atomic E-state index is 12.3. The summed E-state index contributed by atoms with van der Waals surface area (Å²) in [6.07, 6.45) is -0.0485. The summed E-state index contributed by atoms with van der Waals surface area (Å²) < 4.78 is 24.6. The molecule has 0 aliphatic heterocycles. The van der Waals surface area contributed by atoms with Gasteiger partial charge in [-0.3, -0.25) is 4.79 Å². The number of amides is 1. The largest absolute Gasteiger partial charge is 0.351 e. The van der Waals surface area contributed by atoms with Crippen molar-refractivity contribution in [2.75, 3.05) is 5.75 Å². The van der Waals surface area contributed by atoms with E-state index in [9.17, 15) is 13.2 Å². The highest BCUT2D eigenvalue weighted by molar-refractivity contribution is 7.91. The third-order valence-electron chi connectivity index (χ3n) is 4.16. The topological polar surface area (TPSA) is 63.2 Å². The van der Waals surface area contributed by atoms with Crippen molar-refractivity contribution in [1.29, 1.82) is 0 Å². The molecule has 0 spiro atoms. The highest BCUT2D eigenvalue weighted by Gasteiger charge is 2.16. The van der Waals surface area contributed by atoms with E-state index in [2.05, 4.69) is 5.32 Å². The second-order valence-electron chi connectivity index (χ2n) is 6.29. The van der Waals surface area contributed by atoms with Crippen LogP contribution < -0.4 is 5.32 Å². The van der Waals surface area contributed by atoms with E-state index < -0.39 is 9.84 Å². The number of sulfone groups is 1. The zero-order chi connectivity index (χ0) is 19.3. The third kappa shape index (κ3) is 5.28. The number of rotatable bonds is 7. The number of aryl methyl sites for hydroxylation is 1. The van der Waals surface area contributed by atoms with E-state index in [0.29, 0.717) is 6.54 Å². The smallest absolute Gasteiger partial charge is 0.221 e. The van der Waals surface area contributed by atoms with Gasteiger partial charge in [0.2, 0.25) is 5.91 Å². The van der Waals surface area contributed by atoms with Crippen molar-refractivity contribution < 1.29 is 13.2 Å². The van der Waals surface area contributed by atoms with Crippen LogP contribution in [0.5, 0.6) is 0 Å². The van der Waals surface area contributed by atoms with E-state index in [0.717, 1.165) is 20.9 Å². The lowest BCUT2D eigenvalue weighted by Gasteiger charge is -2.06. The van der Waals surface area contributed by atoms with Crippen molar-refractivity contribution in [2.45, 2.75) is 24.8 Å². The van der Waals surface area contributed by atoms with Crippen LogP contribution in [0.1, 0.15) is 16.9 Å². The van der Waals surface area contributed by atoms with Gasteiger partial charge in [-0.25, -0.2) is 8.42 Å². The van der Waals surface area contributed by atoms with Crippen molar-refractivity contribution in [3.05, 3.63) is 77.2 Å². The molecular weight excluding hydrogens is 378 g/mol.